The minimum absolute atomic E-state index is 0.204. The topological polar surface area (TPSA) is 83.1 Å². The number of rotatable bonds is 4. The zero-order valence-electron chi connectivity index (χ0n) is 16.4. The first-order valence-corrected chi connectivity index (χ1v) is 10.6. The molecule has 0 fully saturated rings. The zero-order chi connectivity index (χ0) is 21.7. The van der Waals surface area contributed by atoms with E-state index >= 15 is 0 Å². The van der Waals surface area contributed by atoms with E-state index in [2.05, 4.69) is 10.2 Å². The molecule has 10 heteroatoms. The Hall–Kier alpha value is -2.20. The SMILES string of the molecule is CC(C)[C@H]1C(=O)c2[nH]ncc2[C@@H](C(C)C)N1S(=O)(=O)c1ccc(C(F)(F)F)cc1. The van der Waals surface area contributed by atoms with Gasteiger partial charge in [0.2, 0.25) is 10.0 Å². The van der Waals surface area contributed by atoms with Crippen molar-refractivity contribution in [1.82, 2.24) is 14.5 Å². The lowest BCUT2D eigenvalue weighted by Crippen LogP contribution is -2.54. The largest absolute Gasteiger partial charge is 0.416 e. The van der Waals surface area contributed by atoms with Gasteiger partial charge in [0.05, 0.1) is 28.7 Å². The van der Waals surface area contributed by atoms with Gasteiger partial charge in [-0.25, -0.2) is 8.42 Å². The van der Waals surface area contributed by atoms with Crippen molar-refractivity contribution >= 4 is 15.8 Å². The van der Waals surface area contributed by atoms with Crippen LogP contribution in [-0.2, 0) is 16.2 Å². The second kappa shape index (κ2) is 7.24. The molecule has 0 spiro atoms. The van der Waals surface area contributed by atoms with Gasteiger partial charge in [-0.15, -0.1) is 0 Å². The fourth-order valence-electron chi connectivity index (χ4n) is 3.78. The van der Waals surface area contributed by atoms with Gasteiger partial charge in [-0.3, -0.25) is 9.89 Å². The third kappa shape index (κ3) is 3.59. The second-order valence-corrected chi connectivity index (χ2v) is 9.64. The van der Waals surface area contributed by atoms with Gasteiger partial charge in [0.15, 0.2) is 5.78 Å². The van der Waals surface area contributed by atoms with Crippen LogP contribution in [0.1, 0.15) is 55.4 Å². The number of sulfonamides is 1. The van der Waals surface area contributed by atoms with Gasteiger partial charge in [0.1, 0.15) is 5.69 Å². The molecule has 3 rings (SSSR count). The van der Waals surface area contributed by atoms with E-state index in [1.54, 1.807) is 13.8 Å². The molecule has 0 aliphatic carbocycles. The number of benzene rings is 1. The smallest absolute Gasteiger partial charge is 0.291 e. The molecular formula is C19H22F3N3O3S. The molecule has 1 aromatic carbocycles. The van der Waals surface area contributed by atoms with E-state index in [1.165, 1.54) is 6.20 Å². The van der Waals surface area contributed by atoms with Crippen molar-refractivity contribution in [2.45, 2.75) is 50.9 Å². The average Bonchev–Trinajstić information content (AvgIpc) is 3.10. The minimum Gasteiger partial charge on any atom is -0.291 e. The van der Waals surface area contributed by atoms with Crippen molar-refractivity contribution in [3.05, 3.63) is 47.3 Å². The number of hydrogen-bond acceptors (Lipinski definition) is 4. The van der Waals surface area contributed by atoms with Crippen molar-refractivity contribution in [2.75, 3.05) is 0 Å². The summed E-state index contributed by atoms with van der Waals surface area (Å²) in [5.41, 5.74) is -0.192. The highest BCUT2D eigenvalue weighted by molar-refractivity contribution is 7.89. The molecule has 2 atom stereocenters. The third-order valence-electron chi connectivity index (χ3n) is 5.07. The van der Waals surface area contributed by atoms with E-state index in [0.29, 0.717) is 5.56 Å². The molecule has 6 nitrogen and oxygen atoms in total. The fraction of sp³-hybridized carbons (Fsp3) is 0.474. The van der Waals surface area contributed by atoms with Crippen LogP contribution >= 0.6 is 0 Å². The van der Waals surface area contributed by atoms with E-state index in [-0.39, 0.29) is 22.4 Å². The highest BCUT2D eigenvalue weighted by Crippen LogP contribution is 2.43. The highest BCUT2D eigenvalue weighted by Gasteiger charge is 2.49. The van der Waals surface area contributed by atoms with Crippen LogP contribution in [-0.4, -0.2) is 34.7 Å². The Kier molecular flexibility index (Phi) is 5.37. The number of halogens is 3. The molecular weight excluding hydrogens is 407 g/mol. The molecule has 158 valence electrons. The maximum atomic E-state index is 13.5. The van der Waals surface area contributed by atoms with Crippen LogP contribution in [0.25, 0.3) is 0 Å². The molecule has 2 aromatic rings. The minimum atomic E-state index is -4.57. The van der Waals surface area contributed by atoms with Crippen molar-refractivity contribution in [2.24, 2.45) is 11.8 Å². The third-order valence-corrected chi connectivity index (χ3v) is 6.95. The first-order chi connectivity index (χ1) is 13.4. The van der Waals surface area contributed by atoms with Gasteiger partial charge in [-0.05, 0) is 36.1 Å². The second-order valence-electron chi connectivity index (χ2n) is 7.80. The van der Waals surface area contributed by atoms with Crippen molar-refractivity contribution in [3.63, 3.8) is 0 Å². The van der Waals surface area contributed by atoms with Gasteiger partial charge in [0.25, 0.3) is 0 Å². The quantitative estimate of drug-likeness (QED) is 0.795. The number of fused-ring (bicyclic) bond motifs is 1. The number of carbonyl (C=O) groups is 1. The molecule has 0 amide bonds. The Morgan fingerprint density at radius 2 is 1.59 bits per heavy atom. The highest BCUT2D eigenvalue weighted by atomic mass is 32.2. The Bertz CT molecular complexity index is 1010. The molecule has 0 bridgehead atoms. The van der Waals surface area contributed by atoms with Crippen molar-refractivity contribution in [1.29, 1.82) is 0 Å². The Morgan fingerprint density at radius 1 is 1.03 bits per heavy atom. The zero-order valence-corrected chi connectivity index (χ0v) is 17.2. The lowest BCUT2D eigenvalue weighted by atomic mass is 9.85. The summed E-state index contributed by atoms with van der Waals surface area (Å²) in [4.78, 5) is 12.7. The molecule has 29 heavy (non-hydrogen) atoms. The Balaban J connectivity index is 2.18. The van der Waals surface area contributed by atoms with Gasteiger partial charge < -0.3 is 0 Å². The van der Waals surface area contributed by atoms with Crippen LogP contribution in [0.5, 0.6) is 0 Å². The van der Waals surface area contributed by atoms with Crippen LogP contribution in [0.3, 0.4) is 0 Å². The summed E-state index contributed by atoms with van der Waals surface area (Å²) < 4.78 is 66.8. The average molecular weight is 429 g/mol. The summed E-state index contributed by atoms with van der Waals surface area (Å²) in [6.07, 6.45) is -3.14. The fourth-order valence-corrected chi connectivity index (χ4v) is 5.79. The van der Waals surface area contributed by atoms with Crippen molar-refractivity contribution < 1.29 is 26.4 Å². The van der Waals surface area contributed by atoms with Crippen LogP contribution in [0.4, 0.5) is 13.2 Å². The van der Waals surface area contributed by atoms with Crippen molar-refractivity contribution in [3.8, 4) is 0 Å². The van der Waals surface area contributed by atoms with E-state index in [1.807, 2.05) is 13.8 Å². The maximum absolute atomic E-state index is 13.5. The number of aromatic nitrogens is 2. The number of carbonyl (C=O) groups excluding carboxylic acids is 1. The summed E-state index contributed by atoms with van der Waals surface area (Å²) in [6.45, 7) is 7.11. The normalized spacial score (nSPS) is 21.1. The van der Waals surface area contributed by atoms with E-state index in [9.17, 15) is 26.4 Å². The number of Topliss-reactive ketones (excluding diaryl/α,β-unsaturated/α-hetero) is 1. The first-order valence-electron chi connectivity index (χ1n) is 9.15. The van der Waals surface area contributed by atoms with Gasteiger partial charge in [-0.1, -0.05) is 27.7 Å². The predicted octanol–water partition coefficient (Wildman–Crippen LogP) is 4.04. The summed E-state index contributed by atoms with van der Waals surface area (Å²) in [5.74, 6) is -0.964. The first kappa shape index (κ1) is 21.5. The molecule has 1 N–H and O–H groups in total. The summed E-state index contributed by atoms with van der Waals surface area (Å²) in [5, 5.41) is 6.58. The van der Waals surface area contributed by atoms with Gasteiger partial charge >= 0.3 is 6.18 Å². The molecule has 0 saturated heterocycles. The molecule has 0 saturated carbocycles. The molecule has 0 radical (unpaired) electrons. The van der Waals surface area contributed by atoms with E-state index < -0.39 is 39.6 Å². The molecule has 0 unspecified atom stereocenters. The molecule has 1 aliphatic heterocycles. The number of H-pyrrole nitrogens is 1. The van der Waals surface area contributed by atoms with Crippen LogP contribution in [0.15, 0.2) is 35.4 Å². The van der Waals surface area contributed by atoms with Gasteiger partial charge in [-0.2, -0.15) is 22.6 Å². The lowest BCUT2D eigenvalue weighted by molar-refractivity contribution is -0.137. The summed E-state index contributed by atoms with van der Waals surface area (Å²) >= 11 is 0. The Labute approximate surface area is 167 Å². The summed E-state index contributed by atoms with van der Waals surface area (Å²) in [7, 11) is -4.26. The van der Waals surface area contributed by atoms with E-state index in [0.717, 1.165) is 28.6 Å². The van der Waals surface area contributed by atoms with Crippen LogP contribution in [0.2, 0.25) is 0 Å². The number of hydrogen-bond donors (Lipinski definition) is 1. The number of nitrogens with one attached hydrogen (secondary N) is 1. The molecule has 1 aliphatic rings. The molecule has 1 aromatic heterocycles. The van der Waals surface area contributed by atoms with Crippen LogP contribution < -0.4 is 0 Å². The monoisotopic (exact) mass is 429 g/mol. The number of nitrogens with zero attached hydrogens (tertiary/aromatic N) is 2. The Morgan fingerprint density at radius 3 is 2.07 bits per heavy atom. The standard InChI is InChI=1S/C19H22F3N3O3S/c1-10(2)16-14-9-23-24-15(14)18(26)17(11(3)4)25(16)29(27,28)13-7-5-12(6-8-13)19(20,21)22/h5-11,16-17H,1-4H3,(H,23,24)/t16-,17+/m1/s1. The predicted molar refractivity (Wildman–Crippen MR) is 99.6 cm³/mol. The maximum Gasteiger partial charge on any atom is 0.416 e. The summed E-state index contributed by atoms with van der Waals surface area (Å²) in [6, 6.07) is 1.65. The van der Waals surface area contributed by atoms with Crippen LogP contribution in [0, 0.1) is 11.8 Å². The number of alkyl halides is 3. The van der Waals surface area contributed by atoms with E-state index in [4.69, 9.17) is 0 Å². The molecule has 2 heterocycles. The number of ketones is 1. The van der Waals surface area contributed by atoms with Gasteiger partial charge in [0, 0.05) is 5.56 Å². The number of aromatic amines is 1. The lowest BCUT2D eigenvalue weighted by Gasteiger charge is -2.43.